The van der Waals surface area contributed by atoms with Gasteiger partial charge < -0.3 is 10.1 Å². The van der Waals surface area contributed by atoms with E-state index in [4.69, 9.17) is 4.74 Å². The normalized spacial score (nSPS) is 26.4. The maximum Gasteiger partial charge on any atom is 0.262 e. The van der Waals surface area contributed by atoms with E-state index in [1.807, 2.05) is 12.1 Å². The van der Waals surface area contributed by atoms with Crippen LogP contribution in [0.25, 0.3) is 0 Å². The van der Waals surface area contributed by atoms with Gasteiger partial charge in [-0.2, -0.15) is 0 Å². The third-order valence-corrected chi connectivity index (χ3v) is 3.08. The van der Waals surface area contributed by atoms with E-state index in [9.17, 15) is 8.78 Å². The molecule has 1 unspecified atom stereocenters. The molecule has 2 rings (SSSR count). The maximum atomic E-state index is 13.2. The minimum atomic E-state index is -2.62. The zero-order chi connectivity index (χ0) is 11.8. The Kier molecular flexibility index (Phi) is 3.99. The number of methoxy groups -OCH3 is 1. The Hall–Kier alpha value is -0.870. The van der Waals surface area contributed by atoms with E-state index in [-0.39, 0.29) is 25.4 Å². The quantitative estimate of drug-likeness (QED) is 0.886. The lowest BCUT2D eigenvalue weighted by molar-refractivity contribution is 0.0165. The lowest BCUT2D eigenvalue weighted by atomic mass is 9.90. The highest BCUT2D eigenvalue weighted by molar-refractivity contribution is 5.85. The van der Waals surface area contributed by atoms with Crippen LogP contribution < -0.4 is 10.1 Å². The summed E-state index contributed by atoms with van der Waals surface area (Å²) in [5.41, 5.74) is 0.223. The molecule has 0 saturated carbocycles. The Morgan fingerprint density at radius 2 is 1.82 bits per heavy atom. The molecule has 0 spiro atoms. The van der Waals surface area contributed by atoms with Crippen molar-refractivity contribution < 1.29 is 13.5 Å². The zero-order valence-corrected chi connectivity index (χ0v) is 10.6. The minimum Gasteiger partial charge on any atom is -0.497 e. The molecule has 0 aliphatic carbocycles. The van der Waals surface area contributed by atoms with Gasteiger partial charge in [-0.15, -0.1) is 12.4 Å². The summed E-state index contributed by atoms with van der Waals surface area (Å²) in [5, 5.41) is 2.89. The molecule has 1 aromatic carbocycles. The highest BCUT2D eigenvalue weighted by Crippen LogP contribution is 2.39. The Morgan fingerprint density at radius 3 is 2.24 bits per heavy atom. The largest absolute Gasteiger partial charge is 0.497 e. The van der Waals surface area contributed by atoms with E-state index < -0.39 is 11.5 Å². The number of nitrogens with one attached hydrogen (secondary N) is 1. The molecule has 0 bridgehead atoms. The highest BCUT2D eigenvalue weighted by atomic mass is 35.5. The van der Waals surface area contributed by atoms with Crippen molar-refractivity contribution in [2.45, 2.75) is 24.8 Å². The van der Waals surface area contributed by atoms with Crippen molar-refractivity contribution in [3.63, 3.8) is 0 Å². The van der Waals surface area contributed by atoms with Gasteiger partial charge in [0.1, 0.15) is 5.75 Å². The number of hydrogen-bond donors (Lipinski definition) is 1. The van der Waals surface area contributed by atoms with Gasteiger partial charge >= 0.3 is 0 Å². The minimum absolute atomic E-state index is 0. The van der Waals surface area contributed by atoms with Crippen molar-refractivity contribution >= 4 is 12.4 Å². The van der Waals surface area contributed by atoms with Crippen LogP contribution in [0.3, 0.4) is 0 Å². The lowest BCUT2D eigenvalue weighted by Gasteiger charge is -2.24. The van der Waals surface area contributed by atoms with Crippen molar-refractivity contribution in [3.8, 4) is 5.75 Å². The van der Waals surface area contributed by atoms with Gasteiger partial charge in [0.25, 0.3) is 5.92 Å². The molecule has 17 heavy (non-hydrogen) atoms. The molecular formula is C12H16ClF2NO. The van der Waals surface area contributed by atoms with Crippen LogP contribution in [0.15, 0.2) is 24.3 Å². The smallest absolute Gasteiger partial charge is 0.262 e. The first-order valence-electron chi connectivity index (χ1n) is 5.23. The molecule has 1 saturated heterocycles. The predicted octanol–water partition coefficient (Wildman–Crippen LogP) is 2.96. The molecule has 1 aliphatic rings. The van der Waals surface area contributed by atoms with Crippen LogP contribution in [0.1, 0.15) is 18.9 Å². The molecule has 1 fully saturated rings. The van der Waals surface area contributed by atoms with Gasteiger partial charge in [-0.25, -0.2) is 8.78 Å². The van der Waals surface area contributed by atoms with E-state index in [1.165, 1.54) is 0 Å². The van der Waals surface area contributed by atoms with Crippen LogP contribution in [0.2, 0.25) is 0 Å². The van der Waals surface area contributed by atoms with E-state index in [2.05, 4.69) is 5.32 Å². The summed E-state index contributed by atoms with van der Waals surface area (Å²) in [5.74, 6) is -1.88. The summed E-state index contributed by atoms with van der Waals surface area (Å²) in [6, 6.07) is 7.23. The van der Waals surface area contributed by atoms with E-state index in [0.717, 1.165) is 11.3 Å². The standard InChI is InChI=1S/C12H15F2NO.ClH/c1-11(7-12(13,14)8-15-11)9-3-5-10(16-2)6-4-9;/h3-6,15H,7-8H2,1-2H3;1H. The summed E-state index contributed by atoms with van der Waals surface area (Å²) >= 11 is 0. The molecule has 5 heteroatoms. The monoisotopic (exact) mass is 263 g/mol. The predicted molar refractivity (Wildman–Crippen MR) is 65.2 cm³/mol. The van der Waals surface area contributed by atoms with E-state index >= 15 is 0 Å². The van der Waals surface area contributed by atoms with Gasteiger partial charge in [0.05, 0.1) is 13.7 Å². The summed E-state index contributed by atoms with van der Waals surface area (Å²) < 4.78 is 31.4. The molecule has 96 valence electrons. The first-order valence-corrected chi connectivity index (χ1v) is 5.23. The molecule has 0 aromatic heterocycles. The molecular weight excluding hydrogens is 248 g/mol. The van der Waals surface area contributed by atoms with Crippen molar-refractivity contribution in [2.24, 2.45) is 0 Å². The van der Waals surface area contributed by atoms with Crippen LogP contribution in [0, 0.1) is 0 Å². The summed E-state index contributed by atoms with van der Waals surface area (Å²) in [4.78, 5) is 0. The number of hydrogen-bond acceptors (Lipinski definition) is 2. The van der Waals surface area contributed by atoms with Crippen molar-refractivity contribution in [2.75, 3.05) is 13.7 Å². The fourth-order valence-electron chi connectivity index (χ4n) is 2.13. The molecule has 0 amide bonds. The van der Waals surface area contributed by atoms with E-state index in [0.29, 0.717) is 0 Å². The fourth-order valence-corrected chi connectivity index (χ4v) is 2.13. The third kappa shape index (κ3) is 2.87. The SMILES string of the molecule is COc1ccc(C2(C)CC(F)(F)CN2)cc1.Cl. The van der Waals surface area contributed by atoms with Crippen molar-refractivity contribution in [1.29, 1.82) is 0 Å². The Labute approximate surface area is 106 Å². The van der Waals surface area contributed by atoms with Gasteiger partial charge in [-0.05, 0) is 24.6 Å². The molecule has 1 aromatic rings. The first kappa shape index (κ1) is 14.2. The molecule has 0 radical (unpaired) electrons. The molecule has 1 heterocycles. The summed E-state index contributed by atoms with van der Waals surface area (Å²) in [7, 11) is 1.58. The number of rotatable bonds is 2. The number of ether oxygens (including phenoxy) is 1. The molecule has 2 nitrogen and oxygen atoms in total. The van der Waals surface area contributed by atoms with Crippen LogP contribution in [-0.4, -0.2) is 19.6 Å². The Morgan fingerprint density at radius 1 is 1.24 bits per heavy atom. The average Bonchev–Trinajstić information content (AvgIpc) is 2.54. The van der Waals surface area contributed by atoms with Gasteiger partial charge in [0, 0.05) is 12.0 Å². The zero-order valence-electron chi connectivity index (χ0n) is 9.80. The van der Waals surface area contributed by atoms with Gasteiger partial charge in [0.2, 0.25) is 0 Å². The van der Waals surface area contributed by atoms with Crippen molar-refractivity contribution in [1.82, 2.24) is 5.32 Å². The van der Waals surface area contributed by atoms with Gasteiger partial charge in [0.15, 0.2) is 0 Å². The maximum absolute atomic E-state index is 13.2. The first-order chi connectivity index (χ1) is 7.45. The molecule has 1 N–H and O–H groups in total. The summed E-state index contributed by atoms with van der Waals surface area (Å²) in [6.45, 7) is 1.55. The van der Waals surface area contributed by atoms with E-state index in [1.54, 1.807) is 26.2 Å². The molecule has 1 aliphatic heterocycles. The van der Waals surface area contributed by atoms with Gasteiger partial charge in [-0.3, -0.25) is 0 Å². The average molecular weight is 264 g/mol. The van der Waals surface area contributed by atoms with Crippen LogP contribution in [0.5, 0.6) is 5.75 Å². The number of benzene rings is 1. The second-order valence-corrected chi connectivity index (χ2v) is 4.45. The second-order valence-electron chi connectivity index (χ2n) is 4.45. The number of halogens is 3. The van der Waals surface area contributed by atoms with Gasteiger partial charge in [-0.1, -0.05) is 12.1 Å². The molecule has 1 atom stereocenters. The van der Waals surface area contributed by atoms with Crippen LogP contribution >= 0.6 is 12.4 Å². The Bertz CT molecular complexity index is 383. The highest BCUT2D eigenvalue weighted by Gasteiger charge is 2.47. The topological polar surface area (TPSA) is 21.3 Å². The fraction of sp³-hybridized carbons (Fsp3) is 0.500. The van der Waals surface area contributed by atoms with Crippen LogP contribution in [0.4, 0.5) is 8.78 Å². The number of alkyl halides is 2. The second kappa shape index (κ2) is 4.78. The third-order valence-electron chi connectivity index (χ3n) is 3.08. The van der Waals surface area contributed by atoms with Crippen LogP contribution in [-0.2, 0) is 5.54 Å². The van der Waals surface area contributed by atoms with Crippen molar-refractivity contribution in [3.05, 3.63) is 29.8 Å². The Balaban J connectivity index is 0.00000144. The lowest BCUT2D eigenvalue weighted by Crippen LogP contribution is -2.32. The summed E-state index contributed by atoms with van der Waals surface area (Å²) in [6.07, 6.45) is -0.160.